The van der Waals surface area contributed by atoms with Crippen molar-refractivity contribution in [3.63, 3.8) is 0 Å². The van der Waals surface area contributed by atoms with Gasteiger partial charge in [0.05, 0.1) is 18.9 Å². The fraction of sp³-hybridized carbons (Fsp3) is 0.400. The summed E-state index contributed by atoms with van der Waals surface area (Å²) in [6.07, 6.45) is 0. The molecule has 2 aliphatic heterocycles. The predicted molar refractivity (Wildman–Crippen MR) is 128 cm³/mol. The zero-order valence-electron chi connectivity index (χ0n) is 19.7. The maximum absolute atomic E-state index is 14.2. The van der Waals surface area contributed by atoms with Gasteiger partial charge in [0.15, 0.2) is 17.4 Å². The molecule has 0 bridgehead atoms. The Kier molecular flexibility index (Phi) is 7.38. The molecule has 186 valence electrons. The molecule has 1 amide bonds. The Morgan fingerprint density at radius 2 is 1.83 bits per heavy atom. The number of aliphatic imine (C=N–C) groups is 1. The number of hydrogen-bond acceptors (Lipinski definition) is 8. The predicted octanol–water partition coefficient (Wildman–Crippen LogP) is 2.46. The van der Waals surface area contributed by atoms with Crippen LogP contribution in [0.25, 0.3) is 0 Å². The van der Waals surface area contributed by atoms with E-state index in [-0.39, 0.29) is 23.9 Å². The number of nitrogens with one attached hydrogen (secondary N) is 1. The van der Waals surface area contributed by atoms with Crippen molar-refractivity contribution in [2.45, 2.75) is 19.9 Å². The molecule has 0 aromatic heterocycles. The summed E-state index contributed by atoms with van der Waals surface area (Å²) >= 11 is 0. The monoisotopic (exact) mass is 484 g/mol. The highest BCUT2D eigenvalue weighted by Crippen LogP contribution is 2.36. The van der Waals surface area contributed by atoms with Crippen molar-refractivity contribution in [1.29, 1.82) is 0 Å². The van der Waals surface area contributed by atoms with Crippen LogP contribution in [0, 0.1) is 11.7 Å². The zero-order chi connectivity index (χ0) is 24.9. The second kappa shape index (κ2) is 10.6. The number of aromatic hydroxyl groups is 1. The van der Waals surface area contributed by atoms with Gasteiger partial charge in [-0.15, -0.1) is 0 Å². The van der Waals surface area contributed by atoms with Gasteiger partial charge in [-0.2, -0.15) is 0 Å². The van der Waals surface area contributed by atoms with Crippen molar-refractivity contribution in [3.8, 4) is 11.5 Å². The van der Waals surface area contributed by atoms with E-state index in [9.17, 15) is 19.1 Å². The lowest BCUT2D eigenvalue weighted by molar-refractivity contribution is -0.153. The highest BCUT2D eigenvalue weighted by Gasteiger charge is 2.42. The van der Waals surface area contributed by atoms with Crippen LogP contribution in [0.5, 0.6) is 11.5 Å². The van der Waals surface area contributed by atoms with Crippen LogP contribution in [0.15, 0.2) is 47.5 Å². The molecule has 35 heavy (non-hydrogen) atoms. The number of piperazine rings is 1. The summed E-state index contributed by atoms with van der Waals surface area (Å²) in [6.45, 7) is 6.01. The van der Waals surface area contributed by atoms with Crippen LogP contribution in [0.4, 0.5) is 10.1 Å². The molecule has 2 atom stereocenters. The standard InChI is InChI=1S/C25H29FN4O5/c1-3-34-20-15-16(9-10-19(20)31)22-21(24(33)35-4-2)23(32)28-25(27-22)30-13-11-29(12-14-30)18-8-6-5-7-17(18)26/h5-10,15,21-22,31H,3-4,11-14H2,1-2H3,(H,27,28,32)/t21-,22+/m0/s1. The van der Waals surface area contributed by atoms with E-state index in [1.165, 1.54) is 12.1 Å². The number of hydrogen-bond donors (Lipinski definition) is 2. The maximum atomic E-state index is 14.2. The number of guanidine groups is 1. The number of phenolic OH excluding ortho intramolecular Hbond substituents is 1. The number of esters is 1. The zero-order valence-corrected chi connectivity index (χ0v) is 19.7. The largest absolute Gasteiger partial charge is 0.504 e. The van der Waals surface area contributed by atoms with Gasteiger partial charge in [0, 0.05) is 26.2 Å². The number of ether oxygens (including phenoxy) is 2. The van der Waals surface area contributed by atoms with Gasteiger partial charge in [0.25, 0.3) is 0 Å². The quantitative estimate of drug-likeness (QED) is 0.480. The Labute approximate surface area is 203 Å². The Hall–Kier alpha value is -3.82. The average Bonchev–Trinajstić information content (AvgIpc) is 2.85. The minimum Gasteiger partial charge on any atom is -0.504 e. The highest BCUT2D eigenvalue weighted by molar-refractivity contribution is 6.08. The van der Waals surface area contributed by atoms with E-state index in [0.29, 0.717) is 50.0 Å². The number of nitrogens with zero attached hydrogens (tertiary/aromatic N) is 3. The van der Waals surface area contributed by atoms with Crippen LogP contribution in [0.2, 0.25) is 0 Å². The summed E-state index contributed by atoms with van der Waals surface area (Å²) in [5, 5.41) is 12.9. The third-order valence-corrected chi connectivity index (χ3v) is 6.03. The van der Waals surface area contributed by atoms with Gasteiger partial charge in [0.1, 0.15) is 11.9 Å². The van der Waals surface area contributed by atoms with Crippen molar-refractivity contribution in [3.05, 3.63) is 53.8 Å². The number of benzene rings is 2. The van der Waals surface area contributed by atoms with Crippen molar-refractivity contribution in [2.24, 2.45) is 10.9 Å². The minimum atomic E-state index is -1.18. The van der Waals surface area contributed by atoms with Gasteiger partial charge >= 0.3 is 5.97 Å². The van der Waals surface area contributed by atoms with Crippen molar-refractivity contribution in [1.82, 2.24) is 10.2 Å². The Bertz CT molecular complexity index is 1120. The first kappa shape index (κ1) is 24.3. The van der Waals surface area contributed by atoms with Crippen LogP contribution in [-0.4, -0.2) is 67.2 Å². The molecular formula is C25H29FN4O5. The van der Waals surface area contributed by atoms with Gasteiger partial charge in [-0.3, -0.25) is 14.9 Å². The fourth-order valence-electron chi connectivity index (χ4n) is 4.32. The average molecular weight is 485 g/mol. The summed E-state index contributed by atoms with van der Waals surface area (Å²) in [5.41, 5.74) is 1.08. The molecule has 4 rings (SSSR count). The van der Waals surface area contributed by atoms with Crippen LogP contribution >= 0.6 is 0 Å². The number of rotatable bonds is 6. The van der Waals surface area contributed by atoms with E-state index in [4.69, 9.17) is 14.5 Å². The molecule has 1 saturated heterocycles. The molecule has 0 saturated carbocycles. The number of amides is 1. The Balaban J connectivity index is 1.61. The summed E-state index contributed by atoms with van der Waals surface area (Å²) in [5.74, 6) is -2.10. The number of anilines is 1. The van der Waals surface area contributed by atoms with Gasteiger partial charge in [-0.1, -0.05) is 18.2 Å². The van der Waals surface area contributed by atoms with E-state index in [2.05, 4.69) is 5.32 Å². The van der Waals surface area contributed by atoms with Crippen molar-refractivity contribution < 1.29 is 28.6 Å². The third kappa shape index (κ3) is 5.16. The lowest BCUT2D eigenvalue weighted by Crippen LogP contribution is -2.57. The number of para-hydroxylation sites is 1. The molecule has 0 unspecified atom stereocenters. The van der Waals surface area contributed by atoms with Gasteiger partial charge < -0.3 is 24.4 Å². The van der Waals surface area contributed by atoms with Gasteiger partial charge in [0.2, 0.25) is 11.9 Å². The SMILES string of the molecule is CCOC(=O)[C@@H]1C(=O)NC(N2CCN(c3ccccc3F)CC2)=N[C@@H]1c1ccc(O)c(OCC)c1. The van der Waals surface area contributed by atoms with E-state index < -0.39 is 23.8 Å². The van der Waals surface area contributed by atoms with E-state index in [0.717, 1.165) is 0 Å². The van der Waals surface area contributed by atoms with Gasteiger partial charge in [-0.25, -0.2) is 9.38 Å². The first-order valence-electron chi connectivity index (χ1n) is 11.7. The summed E-state index contributed by atoms with van der Waals surface area (Å²) in [7, 11) is 0. The molecule has 2 aromatic rings. The van der Waals surface area contributed by atoms with Crippen molar-refractivity contribution in [2.75, 3.05) is 44.3 Å². The molecule has 0 aliphatic carbocycles. The minimum absolute atomic E-state index is 0.0444. The Morgan fingerprint density at radius 3 is 2.51 bits per heavy atom. The fourth-order valence-corrected chi connectivity index (χ4v) is 4.32. The van der Waals surface area contributed by atoms with Gasteiger partial charge in [-0.05, 0) is 43.7 Å². The first-order valence-corrected chi connectivity index (χ1v) is 11.7. The van der Waals surface area contributed by atoms with E-state index >= 15 is 0 Å². The van der Waals surface area contributed by atoms with Crippen LogP contribution in [0.3, 0.4) is 0 Å². The molecule has 2 aliphatic rings. The molecule has 10 heteroatoms. The van der Waals surface area contributed by atoms with Crippen LogP contribution in [0.1, 0.15) is 25.5 Å². The number of halogens is 1. The van der Waals surface area contributed by atoms with Crippen LogP contribution in [-0.2, 0) is 14.3 Å². The first-order chi connectivity index (χ1) is 16.9. The second-order valence-corrected chi connectivity index (χ2v) is 8.20. The molecule has 0 radical (unpaired) electrons. The molecule has 2 N–H and O–H groups in total. The lowest BCUT2D eigenvalue weighted by atomic mass is 9.91. The summed E-state index contributed by atoms with van der Waals surface area (Å²) in [4.78, 5) is 34.4. The van der Waals surface area contributed by atoms with E-state index in [1.807, 2.05) is 9.80 Å². The Morgan fingerprint density at radius 1 is 1.11 bits per heavy atom. The molecule has 2 heterocycles. The molecule has 9 nitrogen and oxygen atoms in total. The maximum Gasteiger partial charge on any atom is 0.321 e. The number of phenols is 1. The summed E-state index contributed by atoms with van der Waals surface area (Å²) in [6, 6.07) is 10.4. The topological polar surface area (TPSA) is 104 Å². The third-order valence-electron chi connectivity index (χ3n) is 6.03. The highest BCUT2D eigenvalue weighted by atomic mass is 19.1. The van der Waals surface area contributed by atoms with E-state index in [1.54, 1.807) is 44.2 Å². The molecule has 1 fully saturated rings. The number of carbonyl (C=O) groups excluding carboxylic acids is 2. The summed E-state index contributed by atoms with van der Waals surface area (Å²) < 4.78 is 24.8. The molecular weight excluding hydrogens is 455 g/mol. The second-order valence-electron chi connectivity index (χ2n) is 8.20. The molecule has 2 aromatic carbocycles. The van der Waals surface area contributed by atoms with Crippen molar-refractivity contribution >= 4 is 23.5 Å². The normalized spacial score (nSPS) is 20.2. The molecule has 0 spiro atoms. The van der Waals surface area contributed by atoms with Crippen LogP contribution < -0.4 is 15.0 Å². The number of carbonyl (C=O) groups is 2. The lowest BCUT2D eigenvalue weighted by Gasteiger charge is -2.39. The smallest absolute Gasteiger partial charge is 0.321 e.